The smallest absolute Gasteiger partial charge is 0.142 e. The highest BCUT2D eigenvalue weighted by molar-refractivity contribution is 6.35. The maximum Gasteiger partial charge on any atom is 0.142 e. The minimum absolute atomic E-state index is 0.487. The normalized spacial score (nSPS) is 10.7. The highest BCUT2D eigenvalue weighted by Gasteiger charge is 2.11. The van der Waals surface area contributed by atoms with Crippen LogP contribution in [0.2, 0.25) is 10.0 Å². The van der Waals surface area contributed by atoms with Crippen LogP contribution in [0, 0.1) is 13.8 Å². The SMILES string of the molecule is CNCc1cc(Cl)cc(Cl)c1OCc1cc(C)cc(C)c1. The number of ether oxygens (including phenoxy) is 1. The van der Waals surface area contributed by atoms with E-state index in [1.165, 1.54) is 11.1 Å². The Bertz CT molecular complexity index is 621. The molecule has 2 rings (SSSR count). The van der Waals surface area contributed by atoms with Crippen molar-refractivity contribution in [3.8, 4) is 5.75 Å². The minimum atomic E-state index is 0.487. The average Bonchev–Trinajstić information content (AvgIpc) is 2.36. The molecule has 0 aromatic heterocycles. The summed E-state index contributed by atoms with van der Waals surface area (Å²) in [6.07, 6.45) is 0. The van der Waals surface area contributed by atoms with Gasteiger partial charge in [-0.05, 0) is 38.6 Å². The van der Waals surface area contributed by atoms with Crippen molar-refractivity contribution < 1.29 is 4.74 Å². The second kappa shape index (κ2) is 7.17. The zero-order valence-corrected chi connectivity index (χ0v) is 14.0. The summed E-state index contributed by atoms with van der Waals surface area (Å²) in [5.41, 5.74) is 4.55. The Morgan fingerprint density at radius 1 is 1.00 bits per heavy atom. The van der Waals surface area contributed by atoms with Crippen LogP contribution in [0.5, 0.6) is 5.75 Å². The number of halogens is 2. The van der Waals surface area contributed by atoms with Crippen LogP contribution in [0.15, 0.2) is 30.3 Å². The van der Waals surface area contributed by atoms with Gasteiger partial charge in [0.25, 0.3) is 0 Å². The van der Waals surface area contributed by atoms with Crippen LogP contribution in [0.4, 0.5) is 0 Å². The molecule has 1 N–H and O–H groups in total. The lowest BCUT2D eigenvalue weighted by atomic mass is 10.1. The Morgan fingerprint density at radius 2 is 1.67 bits per heavy atom. The third-order valence-corrected chi connectivity index (χ3v) is 3.62. The van der Waals surface area contributed by atoms with Gasteiger partial charge < -0.3 is 10.1 Å². The summed E-state index contributed by atoms with van der Waals surface area (Å²) in [7, 11) is 1.88. The van der Waals surface area contributed by atoms with E-state index < -0.39 is 0 Å². The zero-order valence-electron chi connectivity index (χ0n) is 12.5. The second-order valence-electron chi connectivity index (χ2n) is 5.19. The number of hydrogen-bond donors (Lipinski definition) is 1. The van der Waals surface area contributed by atoms with E-state index in [1.807, 2.05) is 13.1 Å². The maximum atomic E-state index is 6.26. The van der Waals surface area contributed by atoms with E-state index in [0.717, 1.165) is 11.1 Å². The molecule has 2 aromatic rings. The van der Waals surface area contributed by atoms with E-state index in [1.54, 1.807) is 6.07 Å². The monoisotopic (exact) mass is 323 g/mol. The van der Waals surface area contributed by atoms with Crippen molar-refractivity contribution in [2.75, 3.05) is 7.05 Å². The van der Waals surface area contributed by atoms with Crippen molar-refractivity contribution in [3.05, 3.63) is 62.6 Å². The van der Waals surface area contributed by atoms with Gasteiger partial charge in [0, 0.05) is 17.1 Å². The van der Waals surface area contributed by atoms with Crippen molar-refractivity contribution >= 4 is 23.2 Å². The second-order valence-corrected chi connectivity index (χ2v) is 6.03. The van der Waals surface area contributed by atoms with Crippen molar-refractivity contribution in [2.45, 2.75) is 27.0 Å². The van der Waals surface area contributed by atoms with Gasteiger partial charge in [-0.1, -0.05) is 52.5 Å². The van der Waals surface area contributed by atoms with Crippen molar-refractivity contribution in [1.82, 2.24) is 5.32 Å². The molecular formula is C17H19Cl2NO. The van der Waals surface area contributed by atoms with Crippen LogP contribution in [0.1, 0.15) is 22.3 Å². The summed E-state index contributed by atoms with van der Waals surface area (Å²) in [5, 5.41) is 4.25. The molecule has 0 spiro atoms. The molecule has 0 amide bonds. The van der Waals surface area contributed by atoms with Crippen LogP contribution >= 0.6 is 23.2 Å². The lowest BCUT2D eigenvalue weighted by Crippen LogP contribution is -2.08. The lowest BCUT2D eigenvalue weighted by molar-refractivity contribution is 0.302. The van der Waals surface area contributed by atoms with E-state index in [0.29, 0.717) is 28.9 Å². The Kier molecular flexibility index (Phi) is 5.51. The predicted molar refractivity (Wildman–Crippen MR) is 89.5 cm³/mol. The summed E-state index contributed by atoms with van der Waals surface area (Å²) in [6, 6.07) is 9.97. The fourth-order valence-electron chi connectivity index (χ4n) is 2.40. The number of rotatable bonds is 5. The first kappa shape index (κ1) is 16.2. The molecule has 0 saturated heterocycles. The molecule has 0 aliphatic carbocycles. The van der Waals surface area contributed by atoms with E-state index in [2.05, 4.69) is 37.4 Å². The minimum Gasteiger partial charge on any atom is -0.487 e. The fraction of sp³-hybridized carbons (Fsp3) is 0.294. The molecule has 0 atom stereocenters. The summed E-state index contributed by atoms with van der Waals surface area (Å²) in [5.74, 6) is 0.689. The maximum absolute atomic E-state index is 6.26. The fourth-order valence-corrected chi connectivity index (χ4v) is 3.00. The highest BCUT2D eigenvalue weighted by Crippen LogP contribution is 2.33. The largest absolute Gasteiger partial charge is 0.487 e. The van der Waals surface area contributed by atoms with Crippen LogP contribution in [-0.2, 0) is 13.2 Å². The van der Waals surface area contributed by atoms with Gasteiger partial charge in [-0.15, -0.1) is 0 Å². The first-order valence-corrected chi connectivity index (χ1v) is 7.57. The topological polar surface area (TPSA) is 21.3 Å². The van der Waals surface area contributed by atoms with Gasteiger partial charge in [0.05, 0.1) is 5.02 Å². The third-order valence-electron chi connectivity index (χ3n) is 3.12. The van der Waals surface area contributed by atoms with E-state index >= 15 is 0 Å². The van der Waals surface area contributed by atoms with Crippen molar-refractivity contribution in [3.63, 3.8) is 0 Å². The van der Waals surface area contributed by atoms with Gasteiger partial charge in [-0.25, -0.2) is 0 Å². The summed E-state index contributed by atoms with van der Waals surface area (Å²) < 4.78 is 5.94. The predicted octanol–water partition coefficient (Wildman–Crippen LogP) is 4.91. The van der Waals surface area contributed by atoms with Crippen LogP contribution in [0.3, 0.4) is 0 Å². The van der Waals surface area contributed by atoms with E-state index in [4.69, 9.17) is 27.9 Å². The molecule has 0 aliphatic rings. The van der Waals surface area contributed by atoms with E-state index in [9.17, 15) is 0 Å². The Morgan fingerprint density at radius 3 is 2.29 bits per heavy atom. The molecule has 112 valence electrons. The van der Waals surface area contributed by atoms with Gasteiger partial charge in [0.2, 0.25) is 0 Å². The first-order chi connectivity index (χ1) is 9.99. The van der Waals surface area contributed by atoms with E-state index in [-0.39, 0.29) is 0 Å². The molecule has 0 saturated carbocycles. The van der Waals surface area contributed by atoms with Crippen LogP contribution < -0.4 is 10.1 Å². The third kappa shape index (κ3) is 4.37. The quantitative estimate of drug-likeness (QED) is 0.844. The summed E-state index contributed by atoms with van der Waals surface area (Å²) in [4.78, 5) is 0. The van der Waals surface area contributed by atoms with Gasteiger partial charge >= 0.3 is 0 Å². The molecule has 4 heteroatoms. The van der Waals surface area contributed by atoms with Crippen LogP contribution in [0.25, 0.3) is 0 Å². The molecule has 0 fully saturated rings. The number of benzene rings is 2. The number of hydrogen-bond acceptors (Lipinski definition) is 2. The Balaban J connectivity index is 2.22. The first-order valence-electron chi connectivity index (χ1n) is 6.82. The lowest BCUT2D eigenvalue weighted by Gasteiger charge is -2.14. The van der Waals surface area contributed by atoms with Gasteiger partial charge in [-0.3, -0.25) is 0 Å². The standard InChI is InChI=1S/C17H19Cl2NO/c1-11-4-12(2)6-13(5-11)10-21-17-14(9-20-3)7-15(18)8-16(17)19/h4-8,20H,9-10H2,1-3H3. The Hall–Kier alpha value is -1.22. The molecule has 0 heterocycles. The summed E-state index contributed by atoms with van der Waals surface area (Å²) >= 11 is 12.3. The van der Waals surface area contributed by atoms with Gasteiger partial charge in [-0.2, -0.15) is 0 Å². The van der Waals surface area contributed by atoms with Gasteiger partial charge in [0.15, 0.2) is 0 Å². The molecular weight excluding hydrogens is 305 g/mol. The van der Waals surface area contributed by atoms with Crippen LogP contribution in [-0.4, -0.2) is 7.05 Å². The highest BCUT2D eigenvalue weighted by atomic mass is 35.5. The zero-order chi connectivity index (χ0) is 15.4. The molecule has 2 nitrogen and oxygen atoms in total. The average molecular weight is 324 g/mol. The summed E-state index contributed by atoms with van der Waals surface area (Å²) in [6.45, 7) is 5.31. The molecule has 0 aliphatic heterocycles. The molecule has 0 unspecified atom stereocenters. The molecule has 2 aromatic carbocycles. The molecule has 0 radical (unpaired) electrons. The number of aryl methyl sites for hydroxylation is 2. The molecule has 0 bridgehead atoms. The molecule has 21 heavy (non-hydrogen) atoms. The van der Waals surface area contributed by atoms with Crippen molar-refractivity contribution in [1.29, 1.82) is 0 Å². The van der Waals surface area contributed by atoms with Crippen molar-refractivity contribution in [2.24, 2.45) is 0 Å². The Labute approximate surface area is 136 Å². The number of nitrogens with one attached hydrogen (secondary N) is 1. The van der Waals surface area contributed by atoms with Gasteiger partial charge in [0.1, 0.15) is 12.4 Å².